The van der Waals surface area contributed by atoms with Gasteiger partial charge in [-0.15, -0.1) is 0 Å². The predicted octanol–water partition coefficient (Wildman–Crippen LogP) is 5.64. The molecule has 0 aromatic heterocycles. The molecule has 1 heterocycles. The molecule has 30 heavy (non-hydrogen) atoms. The van der Waals surface area contributed by atoms with Crippen molar-refractivity contribution < 1.29 is 24.5 Å². The molecule has 2 aromatic carbocycles. The van der Waals surface area contributed by atoms with Crippen LogP contribution in [0, 0.1) is 0 Å². The lowest BCUT2D eigenvalue weighted by molar-refractivity contribution is -0.138. The van der Waals surface area contributed by atoms with Crippen molar-refractivity contribution >= 4 is 46.1 Å². The maximum absolute atomic E-state index is 12.5. The van der Waals surface area contributed by atoms with E-state index in [4.69, 9.17) is 21.1 Å². The Kier molecular flexibility index (Phi) is 7.07. The van der Waals surface area contributed by atoms with Gasteiger partial charge in [0.15, 0.2) is 11.5 Å². The van der Waals surface area contributed by atoms with Crippen LogP contribution in [0.5, 0.6) is 11.5 Å². The Hall–Kier alpha value is -2.90. The fourth-order valence-corrected chi connectivity index (χ4v) is 3.92. The first-order valence-corrected chi connectivity index (χ1v) is 10.4. The number of rotatable bonds is 6. The third-order valence-electron chi connectivity index (χ3n) is 3.99. The number of phenols is 1. The monoisotopic (exact) mass is 445 g/mol. The van der Waals surface area contributed by atoms with Gasteiger partial charge < -0.3 is 19.7 Å². The van der Waals surface area contributed by atoms with Crippen molar-refractivity contribution in [3.63, 3.8) is 0 Å². The van der Waals surface area contributed by atoms with Crippen molar-refractivity contribution in [2.75, 3.05) is 13.2 Å². The van der Waals surface area contributed by atoms with Crippen molar-refractivity contribution in [3.8, 4) is 11.5 Å². The number of aromatic hydroxyl groups is 1. The van der Waals surface area contributed by atoms with Gasteiger partial charge in [0.1, 0.15) is 16.4 Å². The number of halogens is 1. The zero-order chi connectivity index (χ0) is 21.7. The molecule has 6 nitrogen and oxygen atoms in total. The van der Waals surface area contributed by atoms with Gasteiger partial charge in [0.2, 0.25) is 0 Å². The summed E-state index contributed by atoms with van der Waals surface area (Å²) < 4.78 is 10.5. The second kappa shape index (κ2) is 9.73. The molecule has 0 saturated heterocycles. The van der Waals surface area contributed by atoms with Crippen LogP contribution in [0.3, 0.4) is 0 Å². The zero-order valence-corrected chi connectivity index (χ0v) is 18.0. The first kappa shape index (κ1) is 21.8. The Morgan fingerprint density at radius 3 is 2.67 bits per heavy atom. The van der Waals surface area contributed by atoms with Gasteiger partial charge in [0.05, 0.1) is 23.8 Å². The van der Waals surface area contributed by atoms with E-state index in [1.165, 1.54) is 6.07 Å². The standard InChI is InChI=1S/C22H20ClNO5S/c1-3-28-17-10-13(8-9-16(17)25)11-18-20(26)19(22(27)29-4-2)21(30-18)24-15-7-5-6-14(23)12-15/h5-12,25-26H,3-4H2,1-2H3. The average molecular weight is 446 g/mol. The van der Waals surface area contributed by atoms with E-state index in [0.29, 0.717) is 38.6 Å². The summed E-state index contributed by atoms with van der Waals surface area (Å²) in [7, 11) is 0. The molecule has 1 aliphatic rings. The van der Waals surface area contributed by atoms with Crippen LogP contribution in [-0.4, -0.2) is 34.4 Å². The average Bonchev–Trinajstić information content (AvgIpc) is 2.99. The van der Waals surface area contributed by atoms with Crippen molar-refractivity contribution in [1.29, 1.82) is 0 Å². The molecule has 1 aliphatic heterocycles. The lowest BCUT2D eigenvalue weighted by atomic mass is 10.1. The van der Waals surface area contributed by atoms with E-state index in [2.05, 4.69) is 4.99 Å². The highest BCUT2D eigenvalue weighted by molar-refractivity contribution is 8.18. The van der Waals surface area contributed by atoms with E-state index >= 15 is 0 Å². The number of nitrogens with zero attached hydrogens (tertiary/aromatic N) is 1. The summed E-state index contributed by atoms with van der Waals surface area (Å²) in [6.45, 7) is 4.07. The number of aliphatic imine (C=N–C) groups is 1. The Morgan fingerprint density at radius 1 is 1.17 bits per heavy atom. The number of hydrogen-bond acceptors (Lipinski definition) is 7. The number of carbonyl (C=O) groups is 1. The molecule has 156 valence electrons. The topological polar surface area (TPSA) is 88.4 Å². The first-order chi connectivity index (χ1) is 14.4. The Labute approximate surface area is 183 Å². The van der Waals surface area contributed by atoms with E-state index < -0.39 is 5.97 Å². The van der Waals surface area contributed by atoms with Crippen LogP contribution in [0.2, 0.25) is 5.02 Å². The Morgan fingerprint density at radius 2 is 1.97 bits per heavy atom. The van der Waals surface area contributed by atoms with Gasteiger partial charge in [-0.05, 0) is 55.8 Å². The van der Waals surface area contributed by atoms with Gasteiger partial charge in [-0.1, -0.05) is 35.5 Å². The zero-order valence-electron chi connectivity index (χ0n) is 16.4. The minimum atomic E-state index is -0.660. The highest BCUT2D eigenvalue weighted by Crippen LogP contribution is 2.41. The quantitative estimate of drug-likeness (QED) is 0.559. The van der Waals surface area contributed by atoms with Gasteiger partial charge in [-0.2, -0.15) is 0 Å². The fourth-order valence-electron chi connectivity index (χ4n) is 2.70. The molecule has 0 saturated carbocycles. The van der Waals surface area contributed by atoms with Crippen LogP contribution in [-0.2, 0) is 9.53 Å². The van der Waals surface area contributed by atoms with Gasteiger partial charge >= 0.3 is 5.97 Å². The van der Waals surface area contributed by atoms with E-state index in [-0.39, 0.29) is 23.7 Å². The van der Waals surface area contributed by atoms with Crippen LogP contribution in [0.1, 0.15) is 19.4 Å². The third kappa shape index (κ3) is 4.98. The number of aliphatic hydroxyl groups excluding tert-OH is 1. The van der Waals surface area contributed by atoms with Crippen LogP contribution < -0.4 is 4.74 Å². The second-order valence-corrected chi connectivity index (χ2v) is 7.58. The molecule has 0 radical (unpaired) electrons. The largest absolute Gasteiger partial charge is 0.506 e. The summed E-state index contributed by atoms with van der Waals surface area (Å²) >= 11 is 7.16. The molecule has 0 fully saturated rings. The molecular weight excluding hydrogens is 426 g/mol. The van der Waals surface area contributed by atoms with E-state index in [0.717, 1.165) is 11.8 Å². The highest BCUT2D eigenvalue weighted by atomic mass is 35.5. The number of thioether (sulfide) groups is 1. The molecule has 2 N–H and O–H groups in total. The van der Waals surface area contributed by atoms with Crippen molar-refractivity contribution in [2.24, 2.45) is 4.99 Å². The maximum atomic E-state index is 12.5. The van der Waals surface area contributed by atoms with Gasteiger partial charge in [-0.3, -0.25) is 0 Å². The van der Waals surface area contributed by atoms with Crippen molar-refractivity contribution in [2.45, 2.75) is 13.8 Å². The molecule has 2 aromatic rings. The van der Waals surface area contributed by atoms with Crippen LogP contribution in [0.15, 0.2) is 63.7 Å². The molecule has 0 aliphatic carbocycles. The smallest absolute Gasteiger partial charge is 0.344 e. The molecule has 0 spiro atoms. The van der Waals surface area contributed by atoms with Crippen LogP contribution in [0.25, 0.3) is 6.08 Å². The van der Waals surface area contributed by atoms with Gasteiger partial charge in [0.25, 0.3) is 0 Å². The van der Waals surface area contributed by atoms with E-state index in [1.807, 2.05) is 6.92 Å². The third-order valence-corrected chi connectivity index (χ3v) is 5.25. The van der Waals surface area contributed by atoms with Gasteiger partial charge in [-0.25, -0.2) is 9.79 Å². The van der Waals surface area contributed by atoms with Crippen LogP contribution in [0.4, 0.5) is 5.69 Å². The number of carbonyl (C=O) groups excluding carboxylic acids is 1. The first-order valence-electron chi connectivity index (χ1n) is 9.23. The van der Waals surface area contributed by atoms with E-state index in [1.54, 1.807) is 49.4 Å². The second-order valence-electron chi connectivity index (χ2n) is 6.11. The summed E-state index contributed by atoms with van der Waals surface area (Å²) in [6.07, 6.45) is 1.68. The molecule has 8 heteroatoms. The minimum absolute atomic E-state index is 0.00288. The molecular formula is C22H20ClNO5S. The molecule has 0 atom stereocenters. The Balaban J connectivity index is 2.03. The Bertz CT molecular complexity index is 1060. The van der Waals surface area contributed by atoms with Crippen LogP contribution >= 0.6 is 23.4 Å². The lowest BCUT2D eigenvalue weighted by Gasteiger charge is -2.07. The number of phenolic OH excluding ortho intramolecular Hbond substituents is 1. The number of aliphatic hydroxyl groups is 1. The number of benzene rings is 2. The van der Waals surface area contributed by atoms with Gasteiger partial charge in [0, 0.05) is 5.02 Å². The summed E-state index contributed by atoms with van der Waals surface area (Å²) in [4.78, 5) is 17.4. The van der Waals surface area contributed by atoms with E-state index in [9.17, 15) is 15.0 Å². The summed E-state index contributed by atoms with van der Waals surface area (Å²) in [5, 5.41) is 21.4. The SMILES string of the molecule is CCOC(=O)C1=C(O)C(=Cc2ccc(O)c(OCC)c2)SC1=Nc1cccc(Cl)c1. The number of esters is 1. The fraction of sp³-hybridized carbons (Fsp3) is 0.182. The summed E-state index contributed by atoms with van der Waals surface area (Å²) in [5.41, 5.74) is 1.22. The highest BCUT2D eigenvalue weighted by Gasteiger charge is 2.33. The lowest BCUT2D eigenvalue weighted by Crippen LogP contribution is -2.12. The number of hydrogen-bond donors (Lipinski definition) is 2. The maximum Gasteiger partial charge on any atom is 0.344 e. The number of ether oxygens (including phenoxy) is 2. The summed E-state index contributed by atoms with van der Waals surface area (Å²) in [5.74, 6) is -0.525. The van der Waals surface area contributed by atoms with Crippen molar-refractivity contribution in [3.05, 3.63) is 69.3 Å². The molecule has 0 unspecified atom stereocenters. The summed E-state index contributed by atoms with van der Waals surface area (Å²) in [6, 6.07) is 11.7. The molecule has 3 rings (SSSR count). The molecule has 0 amide bonds. The molecule has 0 bridgehead atoms. The normalized spacial score (nSPS) is 16.4. The van der Waals surface area contributed by atoms with Crippen molar-refractivity contribution in [1.82, 2.24) is 0 Å². The minimum Gasteiger partial charge on any atom is -0.506 e. The predicted molar refractivity (Wildman–Crippen MR) is 120 cm³/mol.